The van der Waals surface area contributed by atoms with Crippen LogP contribution < -0.4 is 71.7 Å². The van der Waals surface area contributed by atoms with Crippen LogP contribution in [0.1, 0.15) is 112 Å². The number of rotatable bonds is 12. The number of ether oxygens (including phenoxy) is 2. The van der Waals surface area contributed by atoms with E-state index in [0.717, 1.165) is 122 Å². The molecular weight excluding hydrogens is 1060 g/mol. The molecule has 1 saturated carbocycles. The van der Waals surface area contributed by atoms with Gasteiger partial charge in [0.15, 0.2) is 5.82 Å². The Labute approximate surface area is 522 Å². The molecule has 3 aromatic heterocycles. The van der Waals surface area contributed by atoms with Crippen LogP contribution in [-0.4, -0.2) is 141 Å². The number of aromatic nitrogens is 4. The molecule has 0 amide bonds. The molecule has 8 saturated heterocycles. The van der Waals surface area contributed by atoms with Crippen molar-refractivity contribution in [2.45, 2.75) is 138 Å². The van der Waals surface area contributed by atoms with Gasteiger partial charge in [0, 0.05) is 73.3 Å². The number of hydrogen-bond acceptors (Lipinski definition) is 12. The number of fused-ring (bicyclic) bond motifs is 9. The monoisotopic (exact) mass is 1130 g/mol. The second-order valence-corrected chi connectivity index (χ2v) is 25.1. The van der Waals surface area contributed by atoms with Gasteiger partial charge in [-0.1, -0.05) is 79.0 Å². The number of benzene rings is 4. The van der Waals surface area contributed by atoms with Crippen LogP contribution in [0.4, 0.5) is 14.6 Å². The number of pyridine rings is 2. The van der Waals surface area contributed by atoms with Crippen molar-refractivity contribution in [3.63, 3.8) is 0 Å². The summed E-state index contributed by atoms with van der Waals surface area (Å²) in [4.78, 5) is 33.7. The van der Waals surface area contributed by atoms with E-state index in [2.05, 4.69) is 85.7 Å². The normalized spacial score (nSPS) is 24.5. The number of amidine groups is 1. The van der Waals surface area contributed by atoms with Gasteiger partial charge in [-0.3, -0.25) is 14.8 Å². The topological polar surface area (TPSA) is 119 Å². The fourth-order valence-electron chi connectivity index (χ4n) is 15.9. The first kappa shape index (κ1) is 55.2. The third-order valence-corrected chi connectivity index (χ3v) is 20.0. The van der Waals surface area contributed by atoms with Gasteiger partial charge in [-0.05, 0) is 180 Å². The fraction of sp³-hybridized carbons (Fsp3) is 0.485. The Hall–Kier alpha value is -4.72. The van der Waals surface area contributed by atoms with E-state index in [4.69, 9.17) is 34.4 Å². The summed E-state index contributed by atoms with van der Waals surface area (Å²) in [5, 5.41) is 12.4. The van der Waals surface area contributed by atoms with Crippen molar-refractivity contribution in [3.8, 4) is 28.5 Å². The number of halogens is 2. The molecule has 16 rings (SSSR count). The van der Waals surface area contributed by atoms with E-state index in [1.54, 1.807) is 19.1 Å². The molecule has 420 valence electrons. The van der Waals surface area contributed by atoms with Crippen molar-refractivity contribution < 1.29 is 69.6 Å². The number of likely N-dealkylation sites (tertiary alicyclic amines) is 1. The molecule has 11 heterocycles. The van der Waals surface area contributed by atoms with Crippen LogP contribution in [-0.2, 0) is 4.74 Å². The van der Waals surface area contributed by atoms with Crippen molar-refractivity contribution in [2.75, 3.05) is 70.5 Å². The van der Waals surface area contributed by atoms with Crippen LogP contribution in [0.2, 0.25) is 0 Å². The summed E-state index contributed by atoms with van der Waals surface area (Å²) in [6, 6.07) is 29.7. The summed E-state index contributed by atoms with van der Waals surface area (Å²) in [6.07, 6.45) is 20.1. The van der Waals surface area contributed by atoms with Gasteiger partial charge in [0.25, 0.3) is 0 Å². The molecule has 4 unspecified atom stereocenters. The second kappa shape index (κ2) is 22.9. The zero-order valence-electron chi connectivity index (χ0n) is 47.6. The molecule has 0 radical (unpaired) electrons. The summed E-state index contributed by atoms with van der Waals surface area (Å²) in [5.74, 6) is 1.14. The summed E-state index contributed by atoms with van der Waals surface area (Å²) in [6.45, 7) is 12.8. The predicted octanol–water partition coefficient (Wildman–Crippen LogP) is 7.91. The first-order chi connectivity index (χ1) is 39.7. The molecule has 16 heteroatoms. The van der Waals surface area contributed by atoms with E-state index in [0.29, 0.717) is 71.5 Å². The third-order valence-electron chi connectivity index (χ3n) is 20.0. The smallest absolute Gasteiger partial charge is 0.461 e. The number of nitrogens with zero attached hydrogens (tertiary/aromatic N) is 9. The maximum absolute atomic E-state index is 16.6. The van der Waals surface area contributed by atoms with E-state index in [1.165, 1.54) is 70.0 Å². The molecule has 2 N–H and O–H groups in total. The van der Waals surface area contributed by atoms with Gasteiger partial charge >= 0.3 is 57.4 Å². The minimum atomic E-state index is -0.432. The number of aliphatic imine (C=N–C) groups is 1. The van der Waals surface area contributed by atoms with Gasteiger partial charge in [-0.2, -0.15) is 9.97 Å². The van der Waals surface area contributed by atoms with E-state index < -0.39 is 11.6 Å². The van der Waals surface area contributed by atoms with Gasteiger partial charge in [0.05, 0.1) is 23.3 Å². The fourth-order valence-corrected chi connectivity index (χ4v) is 15.9. The number of anilines is 1. The van der Waals surface area contributed by atoms with Crippen molar-refractivity contribution in [3.05, 3.63) is 126 Å². The average molecular weight is 1130 g/mol. The van der Waals surface area contributed by atoms with Crippen molar-refractivity contribution in [2.24, 2.45) is 4.99 Å². The van der Waals surface area contributed by atoms with Crippen molar-refractivity contribution in [1.29, 1.82) is 0 Å². The maximum atomic E-state index is 16.6. The van der Waals surface area contributed by atoms with Crippen LogP contribution in [0.25, 0.3) is 55.0 Å². The average Bonchev–Trinajstić information content (AvgIpc) is 4.00. The van der Waals surface area contributed by atoms with Crippen LogP contribution >= 0.6 is 0 Å². The Morgan fingerprint density at radius 3 is 1.89 bits per heavy atom. The van der Waals surface area contributed by atoms with E-state index in [-0.39, 0.29) is 74.0 Å². The van der Waals surface area contributed by atoms with Gasteiger partial charge in [0.2, 0.25) is 0 Å². The van der Waals surface area contributed by atoms with Crippen LogP contribution in [0.3, 0.4) is 0 Å². The second-order valence-electron chi connectivity index (χ2n) is 25.1. The Morgan fingerprint density at radius 2 is 1.26 bits per heavy atom. The number of hydrogen-bond donors (Lipinski definition) is 2. The van der Waals surface area contributed by atoms with E-state index in [1.807, 2.05) is 30.3 Å². The summed E-state index contributed by atoms with van der Waals surface area (Å²) >= 11 is 0. The van der Waals surface area contributed by atoms with Gasteiger partial charge < -0.3 is 39.9 Å². The van der Waals surface area contributed by atoms with Crippen molar-refractivity contribution in [1.82, 2.24) is 45.3 Å². The summed E-state index contributed by atoms with van der Waals surface area (Å²) < 4.78 is 45.1. The minimum absolute atomic E-state index is 0. The molecule has 0 spiro atoms. The number of piperazine rings is 2. The molecule has 4 atom stereocenters. The molecule has 9 fully saturated rings. The summed E-state index contributed by atoms with van der Waals surface area (Å²) in [5.41, 5.74) is 5.79. The first-order valence-corrected chi connectivity index (χ1v) is 30.4. The molecular formula is C66H73F2KN11O2-. The Morgan fingerprint density at radius 1 is 0.683 bits per heavy atom. The molecule has 13 nitrogen and oxygen atoms in total. The van der Waals surface area contributed by atoms with Gasteiger partial charge in [0.1, 0.15) is 23.6 Å². The molecule has 4 aromatic carbocycles. The van der Waals surface area contributed by atoms with Crippen LogP contribution in [0, 0.1) is 31.4 Å². The number of nitrogens with one attached hydrogen (secondary N) is 2. The minimum Gasteiger partial charge on any atom is -0.461 e. The molecule has 9 aliphatic rings. The van der Waals surface area contributed by atoms with Gasteiger partial charge in [-0.25, -0.2) is 8.78 Å². The summed E-state index contributed by atoms with van der Waals surface area (Å²) in [7, 11) is 0. The van der Waals surface area contributed by atoms with Crippen LogP contribution in [0.5, 0.6) is 6.01 Å². The van der Waals surface area contributed by atoms with Gasteiger partial charge in [-0.15, -0.1) is 11.6 Å². The number of aryl methyl sites for hydroxylation is 1. The Bertz CT molecular complexity index is 3530. The standard InChI is InChI=1S/C34H38FN5O.C32H35FN6O.K/c35-30-17-25(18-36-32(30)29-8-2-6-24-5-1-7-28(31(24)29)23-9-10-23)33(39-19-26-11-12-27(20-39)38-26)37-22-41-21-34-13-3-15-40(34)16-4-14-34;1-20-6-2-7-21-8-3-9-24(26(20)21)28-27(33)29-25(16-34-28)30(38-17-22-10-11-23(18-38)35-22)37-31(36-29)40-19-32-12-4-14-39(32)15-5-13-32;/h1-2,5-8,18,22-23,26-27,38H,3-4,9-16,19-21H2;2-3,6-9,16,22-23,35H,4-5,10-15,17-19H2,1H3;/q-2;;+1/b37-33+;;. The van der Waals surface area contributed by atoms with Crippen molar-refractivity contribution >= 4 is 44.1 Å². The van der Waals surface area contributed by atoms with E-state index >= 15 is 8.78 Å². The van der Waals surface area contributed by atoms with Crippen LogP contribution in [0.15, 0.2) is 90.2 Å². The molecule has 4 bridgehead atoms. The molecule has 8 aliphatic heterocycles. The third kappa shape index (κ3) is 10.4. The zero-order valence-corrected chi connectivity index (χ0v) is 50.7. The Balaban J connectivity index is 0.000000145. The van der Waals surface area contributed by atoms with E-state index in [9.17, 15) is 0 Å². The largest absolute Gasteiger partial charge is 1.00 e. The maximum Gasteiger partial charge on any atom is 1.00 e. The molecule has 82 heavy (non-hydrogen) atoms. The molecule has 7 aromatic rings. The predicted molar refractivity (Wildman–Crippen MR) is 314 cm³/mol. The quantitative estimate of drug-likeness (QED) is 0.0407. The Kier molecular flexibility index (Phi) is 15.4. The SMILES string of the molecule is Cc1cccc2cccc(-c3ncc4c(N5CC6CCC(C5)N6)nc(OCC56CCCN5CCC6)nc4c3F)c12.Fc1[c-]c(/C(=N\[CH-]OCC23CCCN2CCC3)N2CC3CCC(C2)N3)cnc1-c1cccc2cccc(C3CC3)c12.[K+]. The first-order valence-electron chi connectivity index (χ1n) is 30.4. The zero-order chi connectivity index (χ0) is 54.2. The molecule has 1 aliphatic carbocycles.